The normalized spacial score (nSPS) is 52.4. The fraction of sp³-hybridized carbons (Fsp3) is 0.867. The molecule has 2 nitrogen and oxygen atoms in total. The quantitative estimate of drug-likeness (QED) is 0.518. The van der Waals surface area contributed by atoms with Crippen molar-refractivity contribution in [1.82, 2.24) is 0 Å². The molecule has 2 aliphatic carbocycles. The van der Waals surface area contributed by atoms with Gasteiger partial charge in [-0.2, -0.15) is 0 Å². The van der Waals surface area contributed by atoms with Crippen molar-refractivity contribution < 1.29 is 9.84 Å². The van der Waals surface area contributed by atoms with Crippen molar-refractivity contribution in [2.45, 2.75) is 64.3 Å². The summed E-state index contributed by atoms with van der Waals surface area (Å²) in [5, 5.41) is 10.2. The molecule has 1 N–H and O–H groups in total. The van der Waals surface area contributed by atoms with Gasteiger partial charge in [-0.1, -0.05) is 26.0 Å². The van der Waals surface area contributed by atoms with Gasteiger partial charge in [0.2, 0.25) is 0 Å². The Morgan fingerprint density at radius 1 is 1.35 bits per heavy atom. The Labute approximate surface area is 104 Å². The smallest absolute Gasteiger partial charge is 0.118 e. The fourth-order valence-electron chi connectivity index (χ4n) is 4.03. The molecule has 0 radical (unpaired) electrons. The van der Waals surface area contributed by atoms with Crippen molar-refractivity contribution in [1.29, 1.82) is 0 Å². The second kappa shape index (κ2) is 3.36. The molecule has 1 saturated heterocycles. The first kappa shape index (κ1) is 11.7. The van der Waals surface area contributed by atoms with Crippen LogP contribution >= 0.6 is 0 Å². The van der Waals surface area contributed by atoms with Gasteiger partial charge in [-0.3, -0.25) is 0 Å². The van der Waals surface area contributed by atoms with Crippen molar-refractivity contribution in [2.75, 3.05) is 0 Å². The van der Waals surface area contributed by atoms with Crippen LogP contribution in [0.5, 0.6) is 0 Å². The monoisotopic (exact) mass is 236 g/mol. The fourth-order valence-corrected chi connectivity index (χ4v) is 4.03. The number of allylic oxidation sites excluding steroid dienone is 1. The summed E-state index contributed by atoms with van der Waals surface area (Å²) in [4.78, 5) is 0. The topological polar surface area (TPSA) is 32.8 Å². The van der Waals surface area contributed by atoms with Crippen molar-refractivity contribution >= 4 is 0 Å². The second-order valence-corrected chi connectivity index (χ2v) is 7.14. The number of hydrogen-bond donors (Lipinski definition) is 1. The summed E-state index contributed by atoms with van der Waals surface area (Å²) in [6.45, 7) is 11.0. The van der Waals surface area contributed by atoms with Crippen molar-refractivity contribution in [2.24, 2.45) is 17.3 Å². The summed E-state index contributed by atoms with van der Waals surface area (Å²) in [6, 6.07) is 0. The summed E-state index contributed by atoms with van der Waals surface area (Å²) in [5.74, 6) is 1.37. The van der Waals surface area contributed by atoms with E-state index in [2.05, 4.69) is 27.4 Å². The molecule has 1 heterocycles. The Bertz CT molecular complexity index is 360. The number of ether oxygens (including phenoxy) is 1. The zero-order valence-electron chi connectivity index (χ0n) is 11.2. The number of fused-ring (bicyclic) bond motifs is 2. The van der Waals surface area contributed by atoms with Crippen LogP contribution in [0.4, 0.5) is 0 Å². The minimum absolute atomic E-state index is 0.263. The van der Waals surface area contributed by atoms with Gasteiger partial charge < -0.3 is 9.84 Å². The highest BCUT2D eigenvalue weighted by atomic mass is 16.6. The van der Waals surface area contributed by atoms with Crippen LogP contribution < -0.4 is 0 Å². The zero-order chi connectivity index (χ0) is 12.4. The first-order chi connectivity index (χ1) is 7.84. The molecule has 1 aliphatic heterocycles. The molecule has 3 rings (SSSR count). The zero-order valence-corrected chi connectivity index (χ0v) is 11.2. The van der Waals surface area contributed by atoms with Crippen LogP contribution in [0.15, 0.2) is 12.2 Å². The molecule has 96 valence electrons. The standard InChI is InChI=1S/C15H24O2/c1-9-5-6-12(16)15(4)13(17-15)7-11-10(9)8-14(11,2)3/h10-13,16H,1,5-8H2,2-4H3. The third-order valence-corrected chi connectivity index (χ3v) is 5.61. The minimum atomic E-state index is -0.315. The molecule has 0 amide bonds. The van der Waals surface area contributed by atoms with E-state index in [4.69, 9.17) is 4.74 Å². The molecular formula is C15H24O2. The second-order valence-electron chi connectivity index (χ2n) is 7.14. The molecule has 0 spiro atoms. The Kier molecular flexibility index (Phi) is 2.32. The van der Waals surface area contributed by atoms with Crippen LogP contribution in [-0.4, -0.2) is 22.9 Å². The molecule has 0 aromatic heterocycles. The van der Waals surface area contributed by atoms with Gasteiger partial charge in [-0.25, -0.2) is 0 Å². The summed E-state index contributed by atoms with van der Waals surface area (Å²) >= 11 is 0. The summed E-state index contributed by atoms with van der Waals surface area (Å²) < 4.78 is 5.79. The number of epoxide rings is 1. The van der Waals surface area contributed by atoms with E-state index in [9.17, 15) is 5.11 Å². The van der Waals surface area contributed by atoms with Gasteiger partial charge in [-0.15, -0.1) is 0 Å². The van der Waals surface area contributed by atoms with Crippen molar-refractivity contribution in [3.8, 4) is 0 Å². The van der Waals surface area contributed by atoms with Crippen molar-refractivity contribution in [3.05, 3.63) is 12.2 Å². The highest BCUT2D eigenvalue weighted by Gasteiger charge is 2.61. The number of aliphatic hydroxyl groups is 1. The molecule has 5 unspecified atom stereocenters. The van der Waals surface area contributed by atoms with Gasteiger partial charge in [0, 0.05) is 0 Å². The lowest BCUT2D eigenvalue weighted by Gasteiger charge is -2.52. The molecule has 0 aromatic rings. The average molecular weight is 236 g/mol. The van der Waals surface area contributed by atoms with Crippen LogP contribution in [-0.2, 0) is 4.74 Å². The highest BCUT2D eigenvalue weighted by Crippen LogP contribution is 2.60. The Morgan fingerprint density at radius 2 is 2.06 bits per heavy atom. The Hall–Kier alpha value is -0.340. The molecule has 5 atom stereocenters. The molecule has 0 aromatic carbocycles. The minimum Gasteiger partial charge on any atom is -0.390 e. The van der Waals surface area contributed by atoms with E-state index >= 15 is 0 Å². The van der Waals surface area contributed by atoms with E-state index in [0.29, 0.717) is 17.3 Å². The van der Waals surface area contributed by atoms with E-state index in [1.54, 1.807) is 0 Å². The van der Waals surface area contributed by atoms with Gasteiger partial charge >= 0.3 is 0 Å². The van der Waals surface area contributed by atoms with Gasteiger partial charge in [0.1, 0.15) is 5.60 Å². The van der Waals surface area contributed by atoms with Gasteiger partial charge in [0.25, 0.3) is 0 Å². The van der Waals surface area contributed by atoms with Crippen LogP contribution in [0.25, 0.3) is 0 Å². The lowest BCUT2D eigenvalue weighted by atomic mass is 9.52. The molecule has 17 heavy (non-hydrogen) atoms. The number of hydrogen-bond acceptors (Lipinski definition) is 2. The van der Waals surface area contributed by atoms with Gasteiger partial charge in [0.15, 0.2) is 0 Å². The lowest BCUT2D eigenvalue weighted by molar-refractivity contribution is -0.00279. The van der Waals surface area contributed by atoms with Crippen LogP contribution in [0.2, 0.25) is 0 Å². The van der Waals surface area contributed by atoms with Gasteiger partial charge in [0.05, 0.1) is 12.2 Å². The SMILES string of the molecule is C=C1CCC(O)C2(C)OC2CC2C1CC2(C)C. The lowest BCUT2D eigenvalue weighted by Crippen LogP contribution is -2.45. The van der Waals surface area contributed by atoms with Crippen LogP contribution in [0.3, 0.4) is 0 Å². The molecular weight excluding hydrogens is 212 g/mol. The Balaban J connectivity index is 1.83. The molecule has 3 fully saturated rings. The first-order valence-electron chi connectivity index (χ1n) is 6.88. The largest absolute Gasteiger partial charge is 0.390 e. The van der Waals surface area contributed by atoms with Crippen LogP contribution in [0.1, 0.15) is 46.5 Å². The summed E-state index contributed by atoms with van der Waals surface area (Å²) in [7, 11) is 0. The molecule has 2 heteroatoms. The average Bonchev–Trinajstić information content (AvgIpc) is 2.91. The highest BCUT2D eigenvalue weighted by molar-refractivity contribution is 5.18. The van der Waals surface area contributed by atoms with Gasteiger partial charge in [-0.05, 0) is 49.9 Å². The third-order valence-electron chi connectivity index (χ3n) is 5.61. The van der Waals surface area contributed by atoms with E-state index in [0.717, 1.165) is 19.3 Å². The van der Waals surface area contributed by atoms with Crippen molar-refractivity contribution in [3.63, 3.8) is 0 Å². The van der Waals surface area contributed by atoms with E-state index < -0.39 is 0 Å². The predicted molar refractivity (Wildman–Crippen MR) is 67.7 cm³/mol. The van der Waals surface area contributed by atoms with Crippen LogP contribution in [0, 0.1) is 17.3 Å². The number of rotatable bonds is 0. The van der Waals surface area contributed by atoms with E-state index in [1.807, 2.05) is 0 Å². The third kappa shape index (κ3) is 1.61. The molecule has 2 saturated carbocycles. The molecule has 0 bridgehead atoms. The Morgan fingerprint density at radius 3 is 2.71 bits per heavy atom. The summed E-state index contributed by atoms with van der Waals surface area (Å²) in [6.07, 6.45) is 4.10. The van der Waals surface area contributed by atoms with E-state index in [-0.39, 0.29) is 17.8 Å². The van der Waals surface area contributed by atoms with E-state index in [1.165, 1.54) is 12.0 Å². The summed E-state index contributed by atoms with van der Waals surface area (Å²) in [5.41, 5.74) is 1.52. The predicted octanol–water partition coefficient (Wildman–Crippen LogP) is 2.91. The number of aliphatic hydroxyl groups excluding tert-OH is 1. The first-order valence-corrected chi connectivity index (χ1v) is 6.88. The maximum Gasteiger partial charge on any atom is 0.118 e. The maximum absolute atomic E-state index is 10.2. The molecule has 3 aliphatic rings. The maximum atomic E-state index is 10.2.